The van der Waals surface area contributed by atoms with Gasteiger partial charge >= 0.3 is 0 Å². The number of carbonyl (C=O) groups is 1. The van der Waals surface area contributed by atoms with Crippen LogP contribution < -0.4 is 9.47 Å². The average Bonchev–Trinajstić information content (AvgIpc) is 2.45. The molecule has 2 aliphatic heterocycles. The Labute approximate surface area is 112 Å². The summed E-state index contributed by atoms with van der Waals surface area (Å²) in [5.74, 6) is 1.68. The molecule has 0 spiro atoms. The van der Waals surface area contributed by atoms with Crippen LogP contribution in [0.5, 0.6) is 11.5 Å². The van der Waals surface area contributed by atoms with E-state index in [0.717, 1.165) is 36.4 Å². The van der Waals surface area contributed by atoms with Crippen LogP contribution in [0.2, 0.25) is 0 Å². The third kappa shape index (κ3) is 1.87. The van der Waals surface area contributed by atoms with Crippen LogP contribution in [-0.4, -0.2) is 31.6 Å². The van der Waals surface area contributed by atoms with Crippen LogP contribution in [0.3, 0.4) is 0 Å². The summed E-state index contributed by atoms with van der Waals surface area (Å²) in [4.78, 5) is 13.8. The van der Waals surface area contributed by atoms with Crippen LogP contribution in [0.4, 0.5) is 0 Å². The highest BCUT2D eigenvalue weighted by Gasteiger charge is 2.29. The van der Waals surface area contributed by atoms with Crippen molar-refractivity contribution in [1.82, 2.24) is 4.90 Å². The topological polar surface area (TPSA) is 38.8 Å². The minimum Gasteiger partial charge on any atom is -0.493 e. The predicted molar refractivity (Wildman–Crippen MR) is 72.2 cm³/mol. The maximum absolute atomic E-state index is 11.9. The minimum absolute atomic E-state index is 0.220. The number of amides is 1. The highest BCUT2D eigenvalue weighted by atomic mass is 16.5. The van der Waals surface area contributed by atoms with Gasteiger partial charge in [0.25, 0.3) is 0 Å². The van der Waals surface area contributed by atoms with Crippen molar-refractivity contribution < 1.29 is 14.3 Å². The molecular formula is C15H17NO3. The Bertz CT molecular complexity index is 563. The third-order valence-electron chi connectivity index (χ3n) is 3.78. The number of ether oxygens (including phenoxy) is 2. The Morgan fingerprint density at radius 3 is 2.58 bits per heavy atom. The lowest BCUT2D eigenvalue weighted by molar-refractivity contribution is -0.128. The van der Waals surface area contributed by atoms with Gasteiger partial charge in [0, 0.05) is 24.2 Å². The van der Waals surface area contributed by atoms with Gasteiger partial charge in [0.1, 0.15) is 0 Å². The molecule has 0 saturated heterocycles. The zero-order valence-electron chi connectivity index (χ0n) is 11.2. The first-order valence-corrected chi connectivity index (χ1v) is 6.50. The van der Waals surface area contributed by atoms with E-state index in [1.165, 1.54) is 5.56 Å². The van der Waals surface area contributed by atoms with E-state index in [1.54, 1.807) is 14.2 Å². The Hall–Kier alpha value is -1.97. The van der Waals surface area contributed by atoms with Crippen molar-refractivity contribution in [3.05, 3.63) is 29.3 Å². The van der Waals surface area contributed by atoms with Crippen molar-refractivity contribution >= 4 is 11.6 Å². The van der Waals surface area contributed by atoms with Crippen LogP contribution in [0, 0.1) is 0 Å². The molecular weight excluding hydrogens is 242 g/mol. The monoisotopic (exact) mass is 259 g/mol. The number of nitrogens with zero attached hydrogens (tertiary/aromatic N) is 1. The van der Waals surface area contributed by atoms with E-state index >= 15 is 0 Å². The van der Waals surface area contributed by atoms with Crippen molar-refractivity contribution in [3.63, 3.8) is 0 Å². The number of rotatable bonds is 2. The van der Waals surface area contributed by atoms with Gasteiger partial charge in [-0.05, 0) is 30.5 Å². The molecule has 0 N–H and O–H groups in total. The zero-order chi connectivity index (χ0) is 13.4. The van der Waals surface area contributed by atoms with E-state index in [4.69, 9.17) is 9.47 Å². The van der Waals surface area contributed by atoms with Crippen LogP contribution in [0.1, 0.15) is 24.0 Å². The molecule has 1 aromatic rings. The molecule has 0 radical (unpaired) electrons. The molecule has 3 rings (SSSR count). The number of hydrogen-bond acceptors (Lipinski definition) is 3. The van der Waals surface area contributed by atoms with Gasteiger partial charge < -0.3 is 14.4 Å². The first-order valence-electron chi connectivity index (χ1n) is 6.50. The zero-order valence-corrected chi connectivity index (χ0v) is 11.2. The maximum atomic E-state index is 11.9. The summed E-state index contributed by atoms with van der Waals surface area (Å²) in [5, 5.41) is 0. The van der Waals surface area contributed by atoms with Gasteiger partial charge in [0.15, 0.2) is 11.5 Å². The second kappa shape index (κ2) is 4.61. The van der Waals surface area contributed by atoms with E-state index in [9.17, 15) is 4.79 Å². The number of fused-ring (bicyclic) bond motifs is 3. The number of carbonyl (C=O) groups excluding carboxylic acids is 1. The first kappa shape index (κ1) is 12.1. The molecule has 2 heterocycles. The predicted octanol–water partition coefficient (Wildman–Crippen LogP) is 2.22. The van der Waals surface area contributed by atoms with E-state index < -0.39 is 0 Å². The van der Waals surface area contributed by atoms with Crippen molar-refractivity contribution in [2.45, 2.75) is 19.3 Å². The molecule has 4 heteroatoms. The van der Waals surface area contributed by atoms with Crippen LogP contribution in [0.25, 0.3) is 5.70 Å². The van der Waals surface area contributed by atoms with Gasteiger partial charge in [0.2, 0.25) is 5.91 Å². The lowest BCUT2D eigenvalue weighted by atomic mass is 9.92. The van der Waals surface area contributed by atoms with Crippen LogP contribution >= 0.6 is 0 Å². The number of allylic oxidation sites excluding steroid dienone is 1. The fourth-order valence-electron chi connectivity index (χ4n) is 2.81. The van der Waals surface area contributed by atoms with Gasteiger partial charge in [-0.1, -0.05) is 6.08 Å². The molecule has 0 aromatic heterocycles. The number of methoxy groups -OCH3 is 2. The highest BCUT2D eigenvalue weighted by Crippen LogP contribution is 2.39. The standard InChI is InChI=1S/C15H17NO3/c1-18-13-8-10-6-7-16-12(4-3-5-15(16)17)11(10)9-14(13)19-2/h4,8-9H,3,5-7H2,1-2H3. The molecule has 100 valence electrons. The smallest absolute Gasteiger partial charge is 0.227 e. The minimum atomic E-state index is 0.220. The van der Waals surface area contributed by atoms with E-state index in [2.05, 4.69) is 6.08 Å². The second-order valence-corrected chi connectivity index (χ2v) is 4.79. The summed E-state index contributed by atoms with van der Waals surface area (Å²) in [5.41, 5.74) is 3.34. The fourth-order valence-corrected chi connectivity index (χ4v) is 2.81. The largest absolute Gasteiger partial charge is 0.493 e. The molecule has 0 unspecified atom stereocenters. The molecule has 19 heavy (non-hydrogen) atoms. The Kier molecular flexibility index (Phi) is 2.93. The van der Waals surface area contributed by atoms with Crippen molar-refractivity contribution in [1.29, 1.82) is 0 Å². The summed E-state index contributed by atoms with van der Waals surface area (Å²) in [7, 11) is 3.27. The molecule has 0 aliphatic carbocycles. The van der Waals surface area contributed by atoms with Gasteiger partial charge in [-0.15, -0.1) is 0 Å². The van der Waals surface area contributed by atoms with Gasteiger partial charge in [0.05, 0.1) is 14.2 Å². The quantitative estimate of drug-likeness (QED) is 0.817. The molecule has 1 amide bonds. The Morgan fingerprint density at radius 1 is 1.11 bits per heavy atom. The highest BCUT2D eigenvalue weighted by molar-refractivity contribution is 5.91. The van der Waals surface area contributed by atoms with Gasteiger partial charge in [-0.3, -0.25) is 4.79 Å². The Balaban J connectivity index is 2.12. The average molecular weight is 259 g/mol. The van der Waals surface area contributed by atoms with Crippen LogP contribution in [0.15, 0.2) is 18.2 Å². The van der Waals surface area contributed by atoms with E-state index in [-0.39, 0.29) is 5.91 Å². The summed E-state index contributed by atoms with van der Waals surface area (Å²) in [6, 6.07) is 4.00. The third-order valence-corrected chi connectivity index (χ3v) is 3.78. The first-order chi connectivity index (χ1) is 9.24. The summed E-state index contributed by atoms with van der Waals surface area (Å²) < 4.78 is 10.7. The SMILES string of the molecule is COc1cc2c(cc1OC)C1=CCCC(=O)N1CC2. The number of hydrogen-bond donors (Lipinski definition) is 0. The number of benzene rings is 1. The van der Waals surface area contributed by atoms with Gasteiger partial charge in [-0.25, -0.2) is 0 Å². The summed E-state index contributed by atoms with van der Waals surface area (Å²) in [6.45, 7) is 0.757. The van der Waals surface area contributed by atoms with E-state index in [0.29, 0.717) is 12.2 Å². The van der Waals surface area contributed by atoms with E-state index in [1.807, 2.05) is 17.0 Å². The fraction of sp³-hybridized carbons (Fsp3) is 0.400. The molecule has 0 saturated carbocycles. The van der Waals surface area contributed by atoms with Crippen molar-refractivity contribution in [2.75, 3.05) is 20.8 Å². The lowest BCUT2D eigenvalue weighted by Gasteiger charge is -2.34. The van der Waals surface area contributed by atoms with Crippen LogP contribution in [-0.2, 0) is 11.2 Å². The maximum Gasteiger partial charge on any atom is 0.227 e. The molecule has 2 aliphatic rings. The molecule has 0 atom stereocenters. The summed E-state index contributed by atoms with van der Waals surface area (Å²) >= 11 is 0. The molecule has 0 fully saturated rings. The molecule has 1 aromatic carbocycles. The van der Waals surface area contributed by atoms with Crippen molar-refractivity contribution in [3.8, 4) is 11.5 Å². The van der Waals surface area contributed by atoms with Gasteiger partial charge in [-0.2, -0.15) is 0 Å². The second-order valence-electron chi connectivity index (χ2n) is 4.79. The molecule has 4 nitrogen and oxygen atoms in total. The van der Waals surface area contributed by atoms with Crippen molar-refractivity contribution in [2.24, 2.45) is 0 Å². The lowest BCUT2D eigenvalue weighted by Crippen LogP contribution is -2.36. The Morgan fingerprint density at radius 2 is 1.84 bits per heavy atom. The summed E-state index contributed by atoms with van der Waals surface area (Å²) in [6.07, 6.45) is 4.44. The molecule has 0 bridgehead atoms. The normalized spacial score (nSPS) is 17.5.